The minimum atomic E-state index is -2.93. The van der Waals surface area contributed by atoms with Gasteiger partial charge < -0.3 is 35.1 Å². The molecule has 2 aromatic heterocycles. The van der Waals surface area contributed by atoms with E-state index < -0.39 is 17.4 Å². The second-order valence-electron chi connectivity index (χ2n) is 5.04. The van der Waals surface area contributed by atoms with Crippen molar-refractivity contribution in [3.05, 3.63) is 36.0 Å². The summed E-state index contributed by atoms with van der Waals surface area (Å²) in [6.07, 6.45) is 0. The van der Waals surface area contributed by atoms with Crippen LogP contribution in [0.2, 0.25) is 0 Å². The Balaban J connectivity index is 0.00000261. The summed E-state index contributed by atoms with van der Waals surface area (Å²) in [5.74, 6) is 0.774. The number of fused-ring (bicyclic) bond motifs is 1. The van der Waals surface area contributed by atoms with Gasteiger partial charge in [0.05, 0.1) is 36.5 Å². The Hall–Kier alpha value is -2.06. The van der Waals surface area contributed by atoms with Gasteiger partial charge in [0.15, 0.2) is 5.75 Å². The SMILES string of the molecule is COc1ccc(CS(=O)c2nc3cc(OC(F)F)ccc3[n-]2)nc1OC.O.[Mg+2].[OH-]. The second kappa shape index (κ2) is 11.8. The van der Waals surface area contributed by atoms with Gasteiger partial charge in [-0.1, -0.05) is 6.07 Å². The molecule has 13 heteroatoms. The number of pyridine rings is 1. The van der Waals surface area contributed by atoms with Gasteiger partial charge in [-0.05, 0) is 35.3 Å². The van der Waals surface area contributed by atoms with Crippen molar-refractivity contribution in [2.75, 3.05) is 14.2 Å². The van der Waals surface area contributed by atoms with Crippen LogP contribution in [0.4, 0.5) is 8.78 Å². The molecule has 3 rings (SSSR count). The first-order chi connectivity index (χ1) is 12.5. The number of aromatic nitrogens is 3. The van der Waals surface area contributed by atoms with Gasteiger partial charge in [0, 0.05) is 5.16 Å². The number of ether oxygens (including phenoxy) is 3. The van der Waals surface area contributed by atoms with E-state index in [1.165, 1.54) is 32.4 Å². The topological polar surface area (TPSA) is 146 Å². The molecule has 1 aromatic carbocycles. The quantitative estimate of drug-likeness (QED) is 0.496. The maximum atomic E-state index is 12.5. The van der Waals surface area contributed by atoms with Crippen LogP contribution in [-0.2, 0) is 16.6 Å². The summed E-state index contributed by atoms with van der Waals surface area (Å²) >= 11 is 0. The molecule has 29 heavy (non-hydrogen) atoms. The second-order valence-corrected chi connectivity index (χ2v) is 6.38. The molecule has 9 nitrogen and oxygen atoms in total. The number of nitrogens with zero attached hydrogens (tertiary/aromatic N) is 3. The smallest absolute Gasteiger partial charge is 0.870 e. The summed E-state index contributed by atoms with van der Waals surface area (Å²) in [4.78, 5) is 12.5. The zero-order valence-corrected chi connectivity index (χ0v) is 17.7. The molecule has 2 heterocycles. The molecule has 0 saturated carbocycles. The minimum Gasteiger partial charge on any atom is -0.870 e. The van der Waals surface area contributed by atoms with E-state index in [4.69, 9.17) is 9.47 Å². The molecule has 0 amide bonds. The van der Waals surface area contributed by atoms with Crippen LogP contribution in [0.1, 0.15) is 5.69 Å². The van der Waals surface area contributed by atoms with Gasteiger partial charge in [0.1, 0.15) is 5.75 Å². The number of rotatable bonds is 7. The number of hydrogen-bond donors (Lipinski definition) is 0. The van der Waals surface area contributed by atoms with Crippen molar-refractivity contribution in [2.24, 2.45) is 0 Å². The van der Waals surface area contributed by atoms with Gasteiger partial charge in [0.25, 0.3) is 5.88 Å². The molecule has 0 aliphatic heterocycles. The number of methoxy groups -OCH3 is 2. The Morgan fingerprint density at radius 3 is 2.48 bits per heavy atom. The van der Waals surface area contributed by atoms with Crippen LogP contribution in [0.3, 0.4) is 0 Å². The molecule has 3 aromatic rings. The maximum absolute atomic E-state index is 12.5. The maximum Gasteiger partial charge on any atom is 2.00 e. The Bertz CT molecular complexity index is 960. The third-order valence-corrected chi connectivity index (χ3v) is 4.53. The fourth-order valence-electron chi connectivity index (χ4n) is 2.24. The molecule has 154 valence electrons. The summed E-state index contributed by atoms with van der Waals surface area (Å²) < 4.78 is 51.6. The molecule has 3 N–H and O–H groups in total. The predicted molar refractivity (Wildman–Crippen MR) is 100 cm³/mol. The Morgan fingerprint density at radius 1 is 1.14 bits per heavy atom. The van der Waals surface area contributed by atoms with Crippen molar-refractivity contribution in [3.8, 4) is 17.4 Å². The van der Waals surface area contributed by atoms with Crippen LogP contribution >= 0.6 is 0 Å². The van der Waals surface area contributed by atoms with Gasteiger partial charge in [-0.2, -0.15) is 8.78 Å². The molecule has 0 aliphatic carbocycles. The van der Waals surface area contributed by atoms with E-state index in [2.05, 4.69) is 19.7 Å². The van der Waals surface area contributed by atoms with Gasteiger partial charge in [-0.3, -0.25) is 4.21 Å². The molecule has 0 radical (unpaired) electrons. The zero-order chi connectivity index (χ0) is 18.7. The van der Waals surface area contributed by atoms with Crippen molar-refractivity contribution >= 4 is 44.9 Å². The van der Waals surface area contributed by atoms with Crippen molar-refractivity contribution < 1.29 is 38.2 Å². The zero-order valence-electron chi connectivity index (χ0n) is 15.5. The Morgan fingerprint density at radius 2 is 1.86 bits per heavy atom. The average molecular weight is 442 g/mol. The fourth-order valence-corrected chi connectivity index (χ4v) is 3.20. The van der Waals surface area contributed by atoms with Crippen LogP contribution in [0.15, 0.2) is 35.5 Å². The van der Waals surface area contributed by atoms with Crippen LogP contribution < -0.4 is 19.2 Å². The predicted octanol–water partition coefficient (Wildman–Crippen LogP) is 1.13. The fraction of sp³-hybridized carbons (Fsp3) is 0.250. The van der Waals surface area contributed by atoms with Crippen molar-refractivity contribution in [2.45, 2.75) is 17.5 Å². The van der Waals surface area contributed by atoms with Crippen LogP contribution in [0, 0.1) is 0 Å². The molecule has 1 atom stereocenters. The van der Waals surface area contributed by atoms with Crippen LogP contribution in [0.25, 0.3) is 11.0 Å². The first-order valence-corrected chi connectivity index (χ1v) is 8.67. The van der Waals surface area contributed by atoms with Crippen molar-refractivity contribution in [1.29, 1.82) is 0 Å². The molecule has 0 bridgehead atoms. The summed E-state index contributed by atoms with van der Waals surface area (Å²) in [6, 6.07) is 7.48. The Labute approximate surface area is 183 Å². The van der Waals surface area contributed by atoms with Gasteiger partial charge in [-0.15, -0.1) is 0 Å². The van der Waals surface area contributed by atoms with Gasteiger partial charge in [-0.25, -0.2) is 4.98 Å². The molecular weight excluding hydrogens is 425 g/mol. The van der Waals surface area contributed by atoms with E-state index in [1.54, 1.807) is 12.1 Å². The number of halogens is 2. The van der Waals surface area contributed by atoms with E-state index in [-0.39, 0.29) is 56.5 Å². The minimum absolute atomic E-state index is 0. The molecule has 0 saturated heterocycles. The third kappa shape index (κ3) is 6.47. The van der Waals surface area contributed by atoms with Crippen molar-refractivity contribution in [1.82, 2.24) is 15.0 Å². The van der Waals surface area contributed by atoms with E-state index in [9.17, 15) is 13.0 Å². The largest absolute Gasteiger partial charge is 2.00 e. The standard InChI is InChI=1S/C16H14F2N3O4S.Mg.2H2O/c1-23-13-6-3-9(19-14(13)24-2)8-26(22)16-20-11-5-4-10(25-15(17)18)7-12(11)21-16;;;/h3-7,15H,8H2,1-2H3;;2*1H2/q-1;+2;;/p-1. The van der Waals surface area contributed by atoms with Crippen molar-refractivity contribution in [3.63, 3.8) is 0 Å². The van der Waals surface area contributed by atoms with E-state index in [0.29, 0.717) is 22.5 Å². The molecule has 0 fully saturated rings. The number of hydrogen-bond acceptors (Lipinski definition) is 7. The number of benzene rings is 1. The molecule has 0 aliphatic rings. The normalized spacial score (nSPS) is 11.1. The van der Waals surface area contributed by atoms with Gasteiger partial charge in [0.2, 0.25) is 0 Å². The molecule has 1 unspecified atom stereocenters. The van der Waals surface area contributed by atoms with E-state index in [0.717, 1.165) is 0 Å². The summed E-state index contributed by atoms with van der Waals surface area (Å²) in [5.41, 5.74) is 1.28. The van der Waals surface area contributed by atoms with E-state index >= 15 is 0 Å². The van der Waals surface area contributed by atoms with Crippen LogP contribution in [-0.4, -0.2) is 69.0 Å². The first-order valence-electron chi connectivity index (χ1n) is 7.35. The molecular formula is C16H17F2MgN3O6S. The third-order valence-electron chi connectivity index (χ3n) is 3.38. The summed E-state index contributed by atoms with van der Waals surface area (Å²) in [7, 11) is 1.38. The monoisotopic (exact) mass is 441 g/mol. The van der Waals surface area contributed by atoms with Crippen LogP contribution in [0.5, 0.6) is 17.4 Å². The molecule has 0 spiro atoms. The van der Waals surface area contributed by atoms with E-state index in [1.807, 2.05) is 0 Å². The Kier molecular flexibility index (Phi) is 11.0. The summed E-state index contributed by atoms with van der Waals surface area (Å²) in [6.45, 7) is -2.93. The average Bonchev–Trinajstić information content (AvgIpc) is 3.04. The first kappa shape index (κ1) is 26.9. The number of imidazole rings is 1. The van der Waals surface area contributed by atoms with Gasteiger partial charge >= 0.3 is 29.7 Å². The summed E-state index contributed by atoms with van der Waals surface area (Å²) in [5, 5.41) is 0.0887. The number of alkyl halides is 2.